The van der Waals surface area contributed by atoms with Gasteiger partial charge in [0.1, 0.15) is 0 Å². The highest BCUT2D eigenvalue weighted by atomic mass is 31.1. The summed E-state index contributed by atoms with van der Waals surface area (Å²) in [7, 11) is -3.41. The van der Waals surface area contributed by atoms with E-state index < -0.39 is 27.9 Å². The number of hydrogen-bond acceptors (Lipinski definition) is 7. The van der Waals surface area contributed by atoms with Crippen LogP contribution >= 0.6 is 8.69 Å². The molecule has 0 rings (SSSR count). The highest BCUT2D eigenvalue weighted by Gasteiger charge is 2.24. The molecule has 0 bridgehead atoms. The molecule has 0 fully saturated rings. The first kappa shape index (κ1) is 10.0. The lowest BCUT2D eigenvalue weighted by Crippen LogP contribution is -2.27. The summed E-state index contributed by atoms with van der Waals surface area (Å²) in [6.07, 6.45) is 0. The second-order valence-corrected chi connectivity index (χ2v) is 1.52. The maximum absolute atomic E-state index is 10.2. The molecule has 0 unspecified atom stereocenters. The van der Waals surface area contributed by atoms with Gasteiger partial charge in [-0.05, 0) is 0 Å². The van der Waals surface area contributed by atoms with Gasteiger partial charge in [-0.15, -0.1) is 0 Å². The van der Waals surface area contributed by atoms with Gasteiger partial charge in [-0.25, -0.2) is 14.2 Å². The number of rotatable bonds is 2. The van der Waals surface area contributed by atoms with Crippen molar-refractivity contribution < 1.29 is 33.4 Å². The van der Waals surface area contributed by atoms with Gasteiger partial charge in [0.05, 0.1) is 0 Å². The van der Waals surface area contributed by atoms with Crippen LogP contribution < -0.4 is 0 Å². The summed E-state index contributed by atoms with van der Waals surface area (Å²) >= 11 is 0. The van der Waals surface area contributed by atoms with Crippen molar-refractivity contribution in [2.45, 2.75) is 0 Å². The van der Waals surface area contributed by atoms with Gasteiger partial charge in [0.2, 0.25) is 0 Å². The Morgan fingerprint density at radius 1 is 1.27 bits per heavy atom. The van der Waals surface area contributed by atoms with Crippen LogP contribution in [-0.2, 0) is 23.3 Å². The topological polar surface area (TPSA) is 110 Å². The Morgan fingerprint density at radius 2 is 1.82 bits per heavy atom. The molecule has 0 aliphatic carbocycles. The molecule has 60 valence electrons. The van der Waals surface area contributed by atoms with Gasteiger partial charge in [0.25, 0.3) is 0 Å². The summed E-state index contributed by atoms with van der Waals surface area (Å²) < 4.78 is 16.6. The average Bonchev–Trinajstić information content (AvgIpc) is 1.86. The lowest BCUT2D eigenvalue weighted by Gasteiger charge is -1.97. The molecule has 0 aromatic heterocycles. The van der Waals surface area contributed by atoms with Crippen LogP contribution in [0.5, 0.6) is 0 Å². The van der Waals surface area contributed by atoms with E-state index in [0.29, 0.717) is 0 Å². The summed E-state index contributed by atoms with van der Waals surface area (Å²) in [4.78, 5) is 20.3. The van der Waals surface area contributed by atoms with E-state index in [0.717, 1.165) is 0 Å². The van der Waals surface area contributed by atoms with E-state index in [4.69, 9.17) is 10.0 Å². The van der Waals surface area contributed by atoms with E-state index in [1.165, 1.54) is 0 Å². The van der Waals surface area contributed by atoms with E-state index in [2.05, 4.69) is 9.18 Å². The van der Waals surface area contributed by atoms with Crippen molar-refractivity contribution in [3.8, 4) is 0 Å². The zero-order chi connectivity index (χ0) is 8.85. The van der Waals surface area contributed by atoms with Crippen molar-refractivity contribution >= 4 is 27.9 Å². The van der Waals surface area contributed by atoms with Crippen molar-refractivity contribution in [3.63, 3.8) is 0 Å². The van der Waals surface area contributed by atoms with Crippen LogP contribution in [-0.4, -0.2) is 29.3 Å². The van der Waals surface area contributed by atoms with Gasteiger partial charge in [0, 0.05) is 0 Å². The molecule has 0 spiro atoms. The van der Waals surface area contributed by atoms with E-state index in [1.54, 1.807) is 0 Å². The second-order valence-electron chi connectivity index (χ2n) is 1.18. The van der Waals surface area contributed by atoms with Crippen molar-refractivity contribution in [2.24, 2.45) is 0 Å². The molecule has 0 aliphatic heterocycles. The molecule has 0 amide bonds. The summed E-state index contributed by atoms with van der Waals surface area (Å²) in [6.45, 7) is 0. The predicted molar refractivity (Wildman–Crippen MR) is 30.0 cm³/mol. The Bertz CT molecular complexity index is 177. The SMILES string of the molecule is O=POC(=O)C(=O)OB(O)O. The van der Waals surface area contributed by atoms with E-state index >= 15 is 0 Å². The first-order valence-electron chi connectivity index (χ1n) is 2.18. The smallest absolute Gasteiger partial charge is 0.476 e. The van der Waals surface area contributed by atoms with Crippen LogP contribution in [0, 0.1) is 0 Å². The number of carbonyl (C=O) groups is 2. The van der Waals surface area contributed by atoms with Gasteiger partial charge in [0.15, 0.2) is 0 Å². The summed E-state index contributed by atoms with van der Waals surface area (Å²) in [5, 5.41) is 15.9. The Labute approximate surface area is 62.4 Å². The summed E-state index contributed by atoms with van der Waals surface area (Å²) in [5.41, 5.74) is 0. The minimum Gasteiger partial charge on any atom is -0.476 e. The van der Waals surface area contributed by atoms with Crippen LogP contribution in [0.15, 0.2) is 0 Å². The quantitative estimate of drug-likeness (QED) is 0.294. The second kappa shape index (κ2) is 4.78. The molecular weight excluding hydrogens is 178 g/mol. The zero-order valence-electron chi connectivity index (χ0n) is 4.96. The third-order valence-electron chi connectivity index (χ3n) is 0.499. The summed E-state index contributed by atoms with van der Waals surface area (Å²) in [6, 6.07) is 0. The largest absolute Gasteiger partial charge is 0.709 e. The van der Waals surface area contributed by atoms with Crippen LogP contribution in [0.4, 0.5) is 0 Å². The van der Waals surface area contributed by atoms with Crippen molar-refractivity contribution in [3.05, 3.63) is 0 Å². The van der Waals surface area contributed by atoms with Gasteiger partial charge in [-0.3, -0.25) is 0 Å². The standard InChI is InChI=1S/C2H2BO7P/c4-1(9-3(6)7)2(5)10-11-8/h6-7H. The first-order valence-corrected chi connectivity index (χ1v) is 2.91. The minimum absolute atomic E-state index is 1.02. The van der Waals surface area contributed by atoms with Gasteiger partial charge in [-0.1, -0.05) is 0 Å². The average molecular weight is 180 g/mol. The molecule has 0 aromatic carbocycles. The molecule has 0 heterocycles. The maximum Gasteiger partial charge on any atom is 0.709 e. The lowest BCUT2D eigenvalue weighted by molar-refractivity contribution is -0.157. The molecule has 0 aromatic rings. The van der Waals surface area contributed by atoms with Gasteiger partial charge in [-0.2, -0.15) is 0 Å². The summed E-state index contributed by atoms with van der Waals surface area (Å²) in [5.74, 6) is -3.21. The maximum atomic E-state index is 10.2. The molecule has 2 N–H and O–H groups in total. The molecule has 9 heteroatoms. The third kappa shape index (κ3) is 4.43. The van der Waals surface area contributed by atoms with Crippen LogP contribution in [0.2, 0.25) is 0 Å². The molecule has 0 saturated heterocycles. The molecule has 0 atom stereocenters. The van der Waals surface area contributed by atoms with Crippen molar-refractivity contribution in [1.29, 1.82) is 0 Å². The molecule has 11 heavy (non-hydrogen) atoms. The van der Waals surface area contributed by atoms with E-state index in [-0.39, 0.29) is 0 Å². The van der Waals surface area contributed by atoms with Crippen LogP contribution in [0.1, 0.15) is 0 Å². The fourth-order valence-corrected chi connectivity index (χ4v) is 0.357. The molecule has 0 radical (unpaired) electrons. The number of hydrogen-bond donors (Lipinski definition) is 2. The Kier molecular flexibility index (Phi) is 4.36. The highest BCUT2D eigenvalue weighted by Crippen LogP contribution is 1.96. The fourth-order valence-electron chi connectivity index (χ4n) is 0.215. The monoisotopic (exact) mass is 180 g/mol. The van der Waals surface area contributed by atoms with Crippen LogP contribution in [0.3, 0.4) is 0 Å². The van der Waals surface area contributed by atoms with Gasteiger partial charge >= 0.3 is 27.9 Å². The van der Waals surface area contributed by atoms with E-state index in [9.17, 15) is 14.2 Å². The lowest BCUT2D eigenvalue weighted by atomic mass is 10.3. The van der Waals surface area contributed by atoms with E-state index in [1.807, 2.05) is 0 Å². The Balaban J connectivity index is 3.83. The van der Waals surface area contributed by atoms with Gasteiger partial charge < -0.3 is 19.2 Å². The fraction of sp³-hybridized carbons (Fsp3) is 0. The van der Waals surface area contributed by atoms with Crippen molar-refractivity contribution in [1.82, 2.24) is 0 Å². The normalized spacial score (nSPS) is 8.91. The molecule has 0 aliphatic rings. The first-order chi connectivity index (χ1) is 5.07. The predicted octanol–water partition coefficient (Wildman–Crippen LogP) is -1.75. The third-order valence-corrected chi connectivity index (χ3v) is 0.740. The molecular formula is C2H2BO7P. The van der Waals surface area contributed by atoms with Crippen molar-refractivity contribution in [2.75, 3.05) is 0 Å². The number of carbonyl (C=O) groups excluding carboxylic acids is 2. The Morgan fingerprint density at radius 3 is 2.18 bits per heavy atom. The minimum atomic E-state index is -2.39. The Hall–Kier alpha value is -0.975. The molecule has 0 saturated carbocycles. The highest BCUT2D eigenvalue weighted by molar-refractivity contribution is 7.18. The van der Waals surface area contributed by atoms with Crippen LogP contribution in [0.25, 0.3) is 0 Å². The zero-order valence-corrected chi connectivity index (χ0v) is 5.85. The molecule has 7 nitrogen and oxygen atoms in total.